The van der Waals surface area contributed by atoms with Gasteiger partial charge in [-0.15, -0.1) is 0 Å². The molecule has 0 radical (unpaired) electrons. The zero-order valence-electron chi connectivity index (χ0n) is 16.2. The number of aliphatic hydroxyl groups is 1. The van der Waals surface area contributed by atoms with Crippen molar-refractivity contribution in [3.05, 3.63) is 62.8 Å². The van der Waals surface area contributed by atoms with Gasteiger partial charge in [0.15, 0.2) is 0 Å². The van der Waals surface area contributed by atoms with Crippen molar-refractivity contribution in [2.75, 3.05) is 13.1 Å². The third-order valence-corrected chi connectivity index (χ3v) is 5.54. The Balaban J connectivity index is 1.50. The van der Waals surface area contributed by atoms with Gasteiger partial charge in [0.25, 0.3) is 0 Å². The van der Waals surface area contributed by atoms with Gasteiger partial charge in [0.2, 0.25) is 0 Å². The Hall–Kier alpha value is -2.19. The van der Waals surface area contributed by atoms with Crippen LogP contribution in [0.25, 0.3) is 10.2 Å². The SMILES string of the molecule is CC(C)NCc1ccc(CCNC[C@H](O)c2ccc(O)c3[nH]c(=O)sc23)cc1. The van der Waals surface area contributed by atoms with Crippen molar-refractivity contribution in [2.24, 2.45) is 0 Å². The lowest BCUT2D eigenvalue weighted by Gasteiger charge is -2.13. The van der Waals surface area contributed by atoms with E-state index in [0.717, 1.165) is 30.8 Å². The first-order valence-corrected chi connectivity index (χ1v) is 10.3. The Bertz CT molecular complexity index is 963. The summed E-state index contributed by atoms with van der Waals surface area (Å²) < 4.78 is 0.602. The third-order valence-electron chi connectivity index (χ3n) is 4.61. The predicted octanol–water partition coefficient (Wildman–Crippen LogP) is 2.66. The largest absolute Gasteiger partial charge is 0.506 e. The fraction of sp³-hybridized carbons (Fsp3) is 0.381. The van der Waals surface area contributed by atoms with Gasteiger partial charge in [-0.2, -0.15) is 0 Å². The quantitative estimate of drug-likeness (QED) is 0.355. The summed E-state index contributed by atoms with van der Waals surface area (Å²) in [4.78, 5) is 13.9. The van der Waals surface area contributed by atoms with E-state index in [1.807, 2.05) is 0 Å². The number of hydrogen-bond donors (Lipinski definition) is 5. The van der Waals surface area contributed by atoms with Crippen LogP contribution < -0.4 is 15.5 Å². The van der Waals surface area contributed by atoms with Crippen molar-refractivity contribution in [3.8, 4) is 5.75 Å². The number of fused-ring (bicyclic) bond motifs is 1. The summed E-state index contributed by atoms with van der Waals surface area (Å²) in [7, 11) is 0. The van der Waals surface area contributed by atoms with E-state index < -0.39 is 6.10 Å². The summed E-state index contributed by atoms with van der Waals surface area (Å²) in [5, 5.41) is 27.0. The molecule has 3 aromatic rings. The average molecular weight is 402 g/mol. The smallest absolute Gasteiger partial charge is 0.305 e. The second-order valence-corrected chi connectivity index (χ2v) is 8.20. The molecule has 0 saturated heterocycles. The molecule has 0 fully saturated rings. The first kappa shape index (κ1) is 20.5. The van der Waals surface area contributed by atoms with Gasteiger partial charge in [0.05, 0.1) is 10.8 Å². The lowest BCUT2D eigenvalue weighted by molar-refractivity contribution is 0.176. The molecule has 3 rings (SSSR count). The van der Waals surface area contributed by atoms with Gasteiger partial charge in [-0.1, -0.05) is 55.5 Å². The Morgan fingerprint density at radius 1 is 1.11 bits per heavy atom. The molecule has 1 aromatic heterocycles. The fourth-order valence-electron chi connectivity index (χ4n) is 3.03. The summed E-state index contributed by atoms with van der Waals surface area (Å²) in [6.45, 7) is 6.25. The number of aliphatic hydroxyl groups excluding tert-OH is 1. The second-order valence-electron chi connectivity index (χ2n) is 7.21. The number of phenolic OH excluding ortho intramolecular Hbond substituents is 1. The lowest BCUT2D eigenvalue weighted by atomic mass is 10.1. The minimum absolute atomic E-state index is 0.0179. The minimum Gasteiger partial charge on any atom is -0.506 e. The monoisotopic (exact) mass is 401 g/mol. The molecule has 0 aliphatic carbocycles. The Morgan fingerprint density at radius 3 is 2.54 bits per heavy atom. The fourth-order valence-corrected chi connectivity index (χ4v) is 3.95. The van der Waals surface area contributed by atoms with E-state index in [9.17, 15) is 15.0 Å². The second kappa shape index (κ2) is 9.34. The molecular weight excluding hydrogens is 374 g/mol. The normalized spacial score (nSPS) is 12.7. The van der Waals surface area contributed by atoms with Crippen molar-refractivity contribution < 1.29 is 10.2 Å². The number of H-pyrrole nitrogens is 1. The molecule has 1 heterocycles. The molecule has 7 heteroatoms. The lowest BCUT2D eigenvalue weighted by Crippen LogP contribution is -2.24. The summed E-state index contributed by atoms with van der Waals surface area (Å²) in [5.41, 5.74) is 3.54. The molecule has 0 saturated carbocycles. The van der Waals surface area contributed by atoms with Crippen LogP contribution in [0.5, 0.6) is 5.75 Å². The first-order chi connectivity index (χ1) is 13.4. The molecule has 0 bridgehead atoms. The van der Waals surface area contributed by atoms with E-state index in [4.69, 9.17) is 0 Å². The summed E-state index contributed by atoms with van der Waals surface area (Å²) >= 11 is 1.00. The van der Waals surface area contributed by atoms with Crippen molar-refractivity contribution in [1.29, 1.82) is 0 Å². The highest BCUT2D eigenvalue weighted by Crippen LogP contribution is 2.31. The van der Waals surface area contributed by atoms with Gasteiger partial charge in [-0.3, -0.25) is 4.79 Å². The number of aromatic hydroxyl groups is 1. The molecular formula is C21H27N3O3S. The highest BCUT2D eigenvalue weighted by atomic mass is 32.1. The molecule has 5 N–H and O–H groups in total. The van der Waals surface area contributed by atoms with Gasteiger partial charge in [0, 0.05) is 24.7 Å². The minimum atomic E-state index is -0.751. The molecule has 150 valence electrons. The molecule has 0 spiro atoms. The predicted molar refractivity (Wildman–Crippen MR) is 114 cm³/mol. The summed E-state index contributed by atoms with van der Waals surface area (Å²) in [5.74, 6) is 0.0179. The van der Waals surface area contributed by atoms with E-state index in [0.29, 0.717) is 28.4 Å². The van der Waals surface area contributed by atoms with Crippen LogP contribution in [0.3, 0.4) is 0 Å². The van der Waals surface area contributed by atoms with Gasteiger partial charge < -0.3 is 25.8 Å². The zero-order valence-corrected chi connectivity index (χ0v) is 17.0. The van der Waals surface area contributed by atoms with Crippen molar-refractivity contribution in [1.82, 2.24) is 15.6 Å². The summed E-state index contributed by atoms with van der Waals surface area (Å²) in [6.07, 6.45) is 0.117. The number of benzene rings is 2. The van der Waals surface area contributed by atoms with Crippen LogP contribution in [0.4, 0.5) is 0 Å². The van der Waals surface area contributed by atoms with Crippen molar-refractivity contribution >= 4 is 21.6 Å². The third kappa shape index (κ3) is 5.20. The van der Waals surface area contributed by atoms with Crippen molar-refractivity contribution in [3.63, 3.8) is 0 Å². The van der Waals surface area contributed by atoms with Gasteiger partial charge in [-0.25, -0.2) is 0 Å². The first-order valence-electron chi connectivity index (χ1n) is 9.48. The van der Waals surface area contributed by atoms with E-state index in [1.54, 1.807) is 6.07 Å². The van der Waals surface area contributed by atoms with Gasteiger partial charge in [-0.05, 0) is 30.2 Å². The van der Waals surface area contributed by atoms with E-state index in [2.05, 4.69) is 53.7 Å². The number of hydrogen-bond acceptors (Lipinski definition) is 6. The molecule has 28 heavy (non-hydrogen) atoms. The number of phenols is 1. The van der Waals surface area contributed by atoms with Crippen molar-refractivity contribution in [2.45, 2.75) is 39.0 Å². The highest BCUT2D eigenvalue weighted by Gasteiger charge is 2.15. The van der Waals surface area contributed by atoms with Crippen LogP contribution in [0, 0.1) is 0 Å². The Labute approximate surface area is 168 Å². The van der Waals surface area contributed by atoms with Crippen LogP contribution in [0.2, 0.25) is 0 Å². The maximum absolute atomic E-state index is 11.6. The molecule has 1 atom stereocenters. The standard InChI is InChI=1S/C21H27N3O3S/c1-13(2)23-11-15-5-3-14(4-6-15)9-10-22-12-18(26)16-7-8-17(25)19-20(16)28-21(27)24-19/h3-8,13,18,22-23,25-26H,9-12H2,1-2H3,(H,24,27)/t18-/m0/s1. The molecule has 0 aliphatic heterocycles. The van der Waals surface area contributed by atoms with Gasteiger partial charge in [0.1, 0.15) is 11.3 Å². The van der Waals surface area contributed by atoms with Crippen LogP contribution in [0.15, 0.2) is 41.2 Å². The average Bonchev–Trinajstić information content (AvgIpc) is 3.07. The topological polar surface area (TPSA) is 97.4 Å². The molecule has 0 aliphatic rings. The van der Waals surface area contributed by atoms with Crippen LogP contribution >= 0.6 is 11.3 Å². The van der Waals surface area contributed by atoms with E-state index >= 15 is 0 Å². The maximum atomic E-state index is 11.6. The van der Waals surface area contributed by atoms with E-state index in [-0.39, 0.29) is 10.6 Å². The zero-order chi connectivity index (χ0) is 20.1. The molecule has 2 aromatic carbocycles. The summed E-state index contributed by atoms with van der Waals surface area (Å²) in [6, 6.07) is 12.2. The van der Waals surface area contributed by atoms with E-state index in [1.165, 1.54) is 17.2 Å². The van der Waals surface area contributed by atoms with Crippen LogP contribution in [-0.2, 0) is 13.0 Å². The highest BCUT2D eigenvalue weighted by molar-refractivity contribution is 7.16. The van der Waals surface area contributed by atoms with Crippen LogP contribution in [-0.4, -0.2) is 34.3 Å². The number of nitrogens with one attached hydrogen (secondary N) is 3. The molecule has 0 unspecified atom stereocenters. The van der Waals surface area contributed by atoms with Gasteiger partial charge >= 0.3 is 4.87 Å². The Morgan fingerprint density at radius 2 is 1.82 bits per heavy atom. The number of aromatic amines is 1. The maximum Gasteiger partial charge on any atom is 0.305 e. The Kier molecular flexibility index (Phi) is 6.85. The number of rotatable bonds is 9. The molecule has 6 nitrogen and oxygen atoms in total. The number of thiazole rings is 1. The molecule has 0 amide bonds. The van der Waals surface area contributed by atoms with Crippen LogP contribution in [0.1, 0.15) is 36.6 Å². The number of aromatic nitrogens is 1.